The van der Waals surface area contributed by atoms with E-state index in [0.29, 0.717) is 0 Å². The van der Waals surface area contributed by atoms with Crippen molar-refractivity contribution in [1.82, 2.24) is 9.55 Å². The number of nitrogens with zero attached hydrogens (tertiary/aromatic N) is 1. The number of imidazole rings is 1. The number of hydrogen-bond donors (Lipinski definition) is 1. The number of rotatable bonds is 2. The molecule has 0 spiro atoms. The number of halogens is 1. The first kappa shape index (κ1) is 11.9. The monoisotopic (exact) mass is 298 g/mol. The van der Waals surface area contributed by atoms with Crippen LogP contribution in [0.1, 0.15) is 27.2 Å². The number of nitrogens with one attached hydrogen (secondary N) is 1. The number of hydrogen-bond acceptors (Lipinski definition) is 1. The van der Waals surface area contributed by atoms with Crippen LogP contribution in [0.3, 0.4) is 0 Å². The van der Waals surface area contributed by atoms with E-state index in [0.717, 1.165) is 26.7 Å². The van der Waals surface area contributed by atoms with E-state index in [2.05, 4.69) is 58.4 Å². The standard InChI is InChI=1S/C12H15BrN2S/c1-4-12(2,3)15-10-7-8(13)5-6-9(10)14-11(15)16/h5-7H,4H2,1-3H3,(H,14,16). The summed E-state index contributed by atoms with van der Waals surface area (Å²) in [5.74, 6) is 0. The van der Waals surface area contributed by atoms with Gasteiger partial charge in [-0.3, -0.25) is 0 Å². The molecular formula is C12H15BrN2S. The Hall–Kier alpha value is -0.610. The molecule has 1 aromatic carbocycles. The highest BCUT2D eigenvalue weighted by atomic mass is 79.9. The van der Waals surface area contributed by atoms with Crippen LogP contribution in [0.15, 0.2) is 22.7 Å². The minimum atomic E-state index is 0.0378. The SMILES string of the molecule is CCC(C)(C)n1c(=S)[nH]c2ccc(Br)cc21. The summed E-state index contributed by atoms with van der Waals surface area (Å²) >= 11 is 8.91. The minimum absolute atomic E-state index is 0.0378. The van der Waals surface area contributed by atoms with Gasteiger partial charge in [0.1, 0.15) is 0 Å². The Labute approximate surface area is 109 Å². The van der Waals surface area contributed by atoms with E-state index in [1.807, 2.05) is 6.07 Å². The first-order chi connectivity index (χ1) is 7.45. The summed E-state index contributed by atoms with van der Waals surface area (Å²) < 4.78 is 4.07. The van der Waals surface area contributed by atoms with Gasteiger partial charge in [0, 0.05) is 10.0 Å². The third-order valence-corrected chi connectivity index (χ3v) is 3.89. The summed E-state index contributed by atoms with van der Waals surface area (Å²) in [5, 5.41) is 0. The van der Waals surface area contributed by atoms with Gasteiger partial charge in [0.25, 0.3) is 0 Å². The van der Waals surface area contributed by atoms with Gasteiger partial charge < -0.3 is 9.55 Å². The molecule has 0 saturated heterocycles. The topological polar surface area (TPSA) is 20.7 Å². The zero-order chi connectivity index (χ0) is 11.9. The first-order valence-corrected chi connectivity index (χ1v) is 6.56. The van der Waals surface area contributed by atoms with Crippen molar-refractivity contribution in [2.75, 3.05) is 0 Å². The lowest BCUT2D eigenvalue weighted by atomic mass is 10.0. The Morgan fingerprint density at radius 2 is 2.12 bits per heavy atom. The van der Waals surface area contributed by atoms with Crippen LogP contribution in [0.2, 0.25) is 0 Å². The van der Waals surface area contributed by atoms with Crippen LogP contribution in [0.25, 0.3) is 11.0 Å². The third-order valence-electron chi connectivity index (χ3n) is 3.12. The van der Waals surface area contributed by atoms with E-state index in [1.54, 1.807) is 0 Å². The van der Waals surface area contributed by atoms with Crippen molar-refractivity contribution in [2.45, 2.75) is 32.7 Å². The third kappa shape index (κ3) is 1.84. The second-order valence-electron chi connectivity index (χ2n) is 4.59. The highest BCUT2D eigenvalue weighted by Gasteiger charge is 2.21. The molecule has 2 rings (SSSR count). The molecular weight excluding hydrogens is 284 g/mol. The molecule has 2 nitrogen and oxygen atoms in total. The normalized spacial score (nSPS) is 12.2. The van der Waals surface area contributed by atoms with Crippen molar-refractivity contribution in [3.05, 3.63) is 27.4 Å². The molecule has 0 atom stereocenters. The summed E-state index contributed by atoms with van der Waals surface area (Å²) in [5.41, 5.74) is 2.29. The fraction of sp³-hybridized carbons (Fsp3) is 0.417. The zero-order valence-electron chi connectivity index (χ0n) is 9.67. The van der Waals surface area contributed by atoms with Gasteiger partial charge in [-0.15, -0.1) is 0 Å². The fourth-order valence-corrected chi connectivity index (χ4v) is 2.64. The Morgan fingerprint density at radius 1 is 1.44 bits per heavy atom. The van der Waals surface area contributed by atoms with Gasteiger partial charge >= 0.3 is 0 Å². The molecule has 0 unspecified atom stereocenters. The van der Waals surface area contributed by atoms with E-state index in [-0.39, 0.29) is 5.54 Å². The van der Waals surface area contributed by atoms with Crippen LogP contribution in [0, 0.1) is 4.77 Å². The molecule has 1 aromatic heterocycles. The molecule has 0 bridgehead atoms. The Balaban J connectivity index is 2.83. The minimum Gasteiger partial charge on any atom is -0.331 e. The molecule has 0 amide bonds. The largest absolute Gasteiger partial charge is 0.331 e. The van der Waals surface area contributed by atoms with E-state index >= 15 is 0 Å². The molecule has 4 heteroatoms. The van der Waals surface area contributed by atoms with Gasteiger partial charge in [-0.2, -0.15) is 0 Å². The molecule has 1 heterocycles. The molecule has 0 aliphatic carbocycles. The fourth-order valence-electron chi connectivity index (χ4n) is 1.84. The summed E-state index contributed by atoms with van der Waals surface area (Å²) in [4.78, 5) is 3.25. The predicted molar refractivity (Wildman–Crippen MR) is 74.4 cm³/mol. The van der Waals surface area contributed by atoms with E-state index in [4.69, 9.17) is 12.2 Å². The lowest BCUT2D eigenvalue weighted by molar-refractivity contribution is 0.348. The van der Waals surface area contributed by atoms with Gasteiger partial charge in [-0.25, -0.2) is 0 Å². The van der Waals surface area contributed by atoms with Crippen LogP contribution in [-0.4, -0.2) is 9.55 Å². The van der Waals surface area contributed by atoms with Crippen LogP contribution in [0.4, 0.5) is 0 Å². The van der Waals surface area contributed by atoms with Gasteiger partial charge in [-0.05, 0) is 50.7 Å². The number of aromatic nitrogens is 2. The van der Waals surface area contributed by atoms with E-state index < -0.39 is 0 Å². The van der Waals surface area contributed by atoms with Crippen molar-refractivity contribution in [1.29, 1.82) is 0 Å². The summed E-state index contributed by atoms with van der Waals surface area (Å²) in [7, 11) is 0. The van der Waals surface area contributed by atoms with E-state index in [9.17, 15) is 0 Å². The summed E-state index contributed by atoms with van der Waals surface area (Å²) in [6.07, 6.45) is 1.04. The zero-order valence-corrected chi connectivity index (χ0v) is 12.1. The Morgan fingerprint density at radius 3 is 2.75 bits per heavy atom. The first-order valence-electron chi connectivity index (χ1n) is 5.36. The van der Waals surface area contributed by atoms with Gasteiger partial charge in [-0.1, -0.05) is 22.9 Å². The molecule has 86 valence electrons. The average molecular weight is 299 g/mol. The number of benzene rings is 1. The van der Waals surface area contributed by atoms with Gasteiger partial charge in [0.05, 0.1) is 11.0 Å². The number of aromatic amines is 1. The van der Waals surface area contributed by atoms with Gasteiger partial charge in [0.15, 0.2) is 4.77 Å². The van der Waals surface area contributed by atoms with Crippen molar-refractivity contribution >= 4 is 39.2 Å². The van der Waals surface area contributed by atoms with E-state index in [1.165, 1.54) is 0 Å². The number of fused-ring (bicyclic) bond motifs is 1. The van der Waals surface area contributed by atoms with Crippen molar-refractivity contribution in [3.8, 4) is 0 Å². The second kappa shape index (κ2) is 4.00. The smallest absolute Gasteiger partial charge is 0.178 e. The quantitative estimate of drug-likeness (QED) is 0.803. The van der Waals surface area contributed by atoms with Crippen molar-refractivity contribution in [3.63, 3.8) is 0 Å². The molecule has 0 aliphatic heterocycles. The van der Waals surface area contributed by atoms with Crippen LogP contribution in [-0.2, 0) is 5.54 Å². The highest BCUT2D eigenvalue weighted by molar-refractivity contribution is 9.10. The van der Waals surface area contributed by atoms with Gasteiger partial charge in [0.2, 0.25) is 0 Å². The van der Waals surface area contributed by atoms with Crippen LogP contribution >= 0.6 is 28.1 Å². The highest BCUT2D eigenvalue weighted by Crippen LogP contribution is 2.27. The van der Waals surface area contributed by atoms with Crippen molar-refractivity contribution in [2.24, 2.45) is 0 Å². The molecule has 0 aliphatic rings. The molecule has 0 fully saturated rings. The number of H-pyrrole nitrogens is 1. The van der Waals surface area contributed by atoms with Crippen molar-refractivity contribution < 1.29 is 0 Å². The maximum absolute atomic E-state index is 5.40. The van der Waals surface area contributed by atoms with Crippen LogP contribution < -0.4 is 0 Å². The maximum Gasteiger partial charge on any atom is 0.178 e. The Bertz CT molecular complexity index is 580. The lowest BCUT2D eigenvalue weighted by Gasteiger charge is -2.25. The molecule has 16 heavy (non-hydrogen) atoms. The molecule has 0 radical (unpaired) electrons. The molecule has 1 N–H and O–H groups in total. The lowest BCUT2D eigenvalue weighted by Crippen LogP contribution is -2.25. The molecule has 2 aromatic rings. The van der Waals surface area contributed by atoms with Crippen LogP contribution in [0.5, 0.6) is 0 Å². The second-order valence-corrected chi connectivity index (χ2v) is 5.90. The molecule has 0 saturated carbocycles. The average Bonchev–Trinajstić information content (AvgIpc) is 2.54. The summed E-state index contributed by atoms with van der Waals surface area (Å²) in [6.45, 7) is 6.59. The predicted octanol–water partition coefficient (Wildman–Crippen LogP) is 4.61. The Kier molecular flexibility index (Phi) is 2.97. The maximum atomic E-state index is 5.40. The summed E-state index contributed by atoms with van der Waals surface area (Å²) in [6, 6.07) is 6.19.